The van der Waals surface area contributed by atoms with E-state index in [1.807, 2.05) is 29.2 Å². The minimum atomic E-state index is -0.0223. The van der Waals surface area contributed by atoms with Crippen LogP contribution in [0.4, 0.5) is 0 Å². The van der Waals surface area contributed by atoms with Crippen LogP contribution in [0.25, 0.3) is 0 Å². The van der Waals surface area contributed by atoms with Crippen LogP contribution >= 0.6 is 15.9 Å². The fraction of sp³-hybridized carbons (Fsp3) is 0.562. The van der Waals surface area contributed by atoms with Gasteiger partial charge in [0, 0.05) is 23.0 Å². The highest BCUT2D eigenvalue weighted by Crippen LogP contribution is 2.29. The number of morpholine rings is 1. The molecule has 1 aromatic rings. The van der Waals surface area contributed by atoms with Gasteiger partial charge in [0.15, 0.2) is 0 Å². The molecule has 3 unspecified atom stereocenters. The van der Waals surface area contributed by atoms with Crippen molar-refractivity contribution in [3.63, 3.8) is 0 Å². The Morgan fingerprint density at radius 1 is 1.29 bits per heavy atom. The topological polar surface area (TPSA) is 55.6 Å². The van der Waals surface area contributed by atoms with Gasteiger partial charge in [0.1, 0.15) is 6.10 Å². The summed E-state index contributed by atoms with van der Waals surface area (Å²) in [5.41, 5.74) is 7.05. The first-order valence-corrected chi connectivity index (χ1v) is 8.34. The van der Waals surface area contributed by atoms with E-state index < -0.39 is 0 Å². The van der Waals surface area contributed by atoms with Crippen molar-refractivity contribution in [2.24, 2.45) is 11.7 Å². The van der Waals surface area contributed by atoms with Crippen LogP contribution in [-0.2, 0) is 9.53 Å². The van der Waals surface area contributed by atoms with Crippen molar-refractivity contribution >= 4 is 21.8 Å². The highest BCUT2D eigenvalue weighted by Gasteiger charge is 2.33. The molecule has 21 heavy (non-hydrogen) atoms. The van der Waals surface area contributed by atoms with Crippen molar-refractivity contribution in [2.45, 2.75) is 31.4 Å². The van der Waals surface area contributed by atoms with E-state index in [4.69, 9.17) is 10.5 Å². The van der Waals surface area contributed by atoms with Gasteiger partial charge in [-0.25, -0.2) is 0 Å². The lowest BCUT2D eigenvalue weighted by molar-refractivity contribution is -0.143. The number of carbonyl (C=O) groups excluding carboxylic acids is 1. The van der Waals surface area contributed by atoms with E-state index in [1.54, 1.807) is 0 Å². The number of carbonyl (C=O) groups is 1. The molecule has 5 heteroatoms. The zero-order valence-corrected chi connectivity index (χ0v) is 13.6. The number of hydrogen-bond acceptors (Lipinski definition) is 3. The standard InChI is InChI=1S/C16H21BrN2O2/c17-13-4-1-11(2-5-13)15-10-19(7-8-21-15)16(20)12-3-6-14(18)9-12/h1-2,4-5,12,14-15H,3,6-10,18H2. The zero-order valence-electron chi connectivity index (χ0n) is 12.0. The van der Waals surface area contributed by atoms with Crippen molar-refractivity contribution < 1.29 is 9.53 Å². The molecule has 2 aliphatic rings. The Labute approximate surface area is 133 Å². The lowest BCUT2D eigenvalue weighted by Crippen LogP contribution is -2.44. The van der Waals surface area contributed by atoms with E-state index >= 15 is 0 Å². The number of ether oxygens (including phenoxy) is 1. The number of amides is 1. The van der Waals surface area contributed by atoms with Gasteiger partial charge >= 0.3 is 0 Å². The molecule has 2 fully saturated rings. The van der Waals surface area contributed by atoms with Gasteiger partial charge in [0.25, 0.3) is 0 Å². The van der Waals surface area contributed by atoms with Gasteiger partial charge in [-0.2, -0.15) is 0 Å². The molecule has 1 amide bonds. The van der Waals surface area contributed by atoms with Crippen LogP contribution in [-0.4, -0.2) is 36.5 Å². The summed E-state index contributed by atoms with van der Waals surface area (Å²) in [5, 5.41) is 0. The smallest absolute Gasteiger partial charge is 0.225 e. The van der Waals surface area contributed by atoms with Gasteiger partial charge in [-0.05, 0) is 37.0 Å². The highest BCUT2D eigenvalue weighted by molar-refractivity contribution is 9.10. The summed E-state index contributed by atoms with van der Waals surface area (Å²) in [6.45, 7) is 1.94. The second kappa shape index (κ2) is 6.46. The van der Waals surface area contributed by atoms with Crippen LogP contribution in [0.5, 0.6) is 0 Å². The molecule has 1 aromatic carbocycles. The summed E-state index contributed by atoms with van der Waals surface area (Å²) in [6, 6.07) is 8.31. The molecule has 2 N–H and O–H groups in total. The Bertz CT molecular complexity index is 506. The van der Waals surface area contributed by atoms with Gasteiger partial charge < -0.3 is 15.4 Å². The maximum absolute atomic E-state index is 12.6. The lowest BCUT2D eigenvalue weighted by Gasteiger charge is -2.34. The average molecular weight is 353 g/mol. The van der Waals surface area contributed by atoms with Crippen LogP contribution < -0.4 is 5.73 Å². The Balaban J connectivity index is 1.65. The minimum Gasteiger partial charge on any atom is -0.370 e. The monoisotopic (exact) mass is 352 g/mol. The summed E-state index contributed by atoms with van der Waals surface area (Å²) in [6.07, 6.45) is 2.71. The molecule has 1 saturated carbocycles. The lowest BCUT2D eigenvalue weighted by atomic mass is 10.0. The fourth-order valence-corrected chi connectivity index (χ4v) is 3.49. The summed E-state index contributed by atoms with van der Waals surface area (Å²) >= 11 is 3.44. The summed E-state index contributed by atoms with van der Waals surface area (Å²) in [4.78, 5) is 14.5. The number of rotatable bonds is 2. The molecule has 3 atom stereocenters. The van der Waals surface area contributed by atoms with E-state index in [2.05, 4.69) is 15.9 Å². The fourth-order valence-electron chi connectivity index (χ4n) is 3.23. The van der Waals surface area contributed by atoms with Crippen molar-refractivity contribution in [3.8, 4) is 0 Å². The van der Waals surface area contributed by atoms with Gasteiger partial charge in [-0.15, -0.1) is 0 Å². The maximum atomic E-state index is 12.6. The molecule has 0 bridgehead atoms. The summed E-state index contributed by atoms with van der Waals surface area (Å²) in [7, 11) is 0. The highest BCUT2D eigenvalue weighted by atomic mass is 79.9. The first-order chi connectivity index (χ1) is 10.1. The molecule has 1 aliphatic carbocycles. The average Bonchev–Trinajstić information content (AvgIpc) is 2.94. The Morgan fingerprint density at radius 2 is 2.05 bits per heavy atom. The van der Waals surface area contributed by atoms with Crippen LogP contribution in [0, 0.1) is 5.92 Å². The molecular formula is C16H21BrN2O2. The number of nitrogens with zero attached hydrogens (tertiary/aromatic N) is 1. The Hall–Kier alpha value is -0.910. The van der Waals surface area contributed by atoms with Crippen LogP contribution in [0.15, 0.2) is 28.7 Å². The Kier molecular flexibility index (Phi) is 4.62. The van der Waals surface area contributed by atoms with Crippen molar-refractivity contribution in [3.05, 3.63) is 34.3 Å². The third kappa shape index (κ3) is 3.47. The van der Waals surface area contributed by atoms with Crippen molar-refractivity contribution in [1.82, 2.24) is 4.90 Å². The van der Waals surface area contributed by atoms with Crippen molar-refractivity contribution in [1.29, 1.82) is 0 Å². The summed E-state index contributed by atoms with van der Waals surface area (Å²) < 4.78 is 6.89. The second-order valence-electron chi connectivity index (χ2n) is 5.97. The first kappa shape index (κ1) is 15.0. The van der Waals surface area contributed by atoms with Gasteiger partial charge in [-0.3, -0.25) is 4.79 Å². The zero-order chi connectivity index (χ0) is 14.8. The van der Waals surface area contributed by atoms with Crippen LogP contribution in [0.2, 0.25) is 0 Å². The molecular weight excluding hydrogens is 332 g/mol. The van der Waals surface area contributed by atoms with Crippen molar-refractivity contribution in [2.75, 3.05) is 19.7 Å². The van der Waals surface area contributed by atoms with E-state index in [1.165, 1.54) is 0 Å². The Morgan fingerprint density at radius 3 is 2.71 bits per heavy atom. The molecule has 3 rings (SSSR count). The SMILES string of the molecule is NC1CCC(C(=O)N2CCOC(c3ccc(Br)cc3)C2)C1. The molecule has 0 radical (unpaired) electrons. The minimum absolute atomic E-state index is 0.0223. The van der Waals surface area contributed by atoms with Crippen LogP contribution in [0.3, 0.4) is 0 Å². The van der Waals surface area contributed by atoms with Gasteiger partial charge in [0.2, 0.25) is 5.91 Å². The molecule has 1 heterocycles. The van der Waals surface area contributed by atoms with E-state index in [9.17, 15) is 4.79 Å². The van der Waals surface area contributed by atoms with E-state index in [0.717, 1.165) is 29.3 Å². The molecule has 1 aliphatic heterocycles. The van der Waals surface area contributed by atoms with Gasteiger partial charge in [0.05, 0.1) is 13.2 Å². The number of hydrogen-bond donors (Lipinski definition) is 1. The summed E-state index contributed by atoms with van der Waals surface area (Å²) in [5.74, 6) is 0.372. The quantitative estimate of drug-likeness (QED) is 0.889. The molecule has 4 nitrogen and oxygen atoms in total. The number of nitrogens with two attached hydrogens (primary N) is 1. The molecule has 0 spiro atoms. The third-order valence-electron chi connectivity index (χ3n) is 4.44. The second-order valence-corrected chi connectivity index (χ2v) is 6.88. The number of halogens is 1. The normalized spacial score (nSPS) is 29.6. The van der Waals surface area contributed by atoms with Gasteiger partial charge in [-0.1, -0.05) is 28.1 Å². The predicted octanol–water partition coefficient (Wildman–Crippen LogP) is 2.48. The largest absolute Gasteiger partial charge is 0.370 e. The molecule has 1 saturated heterocycles. The third-order valence-corrected chi connectivity index (χ3v) is 4.97. The predicted molar refractivity (Wildman–Crippen MR) is 84.7 cm³/mol. The van der Waals surface area contributed by atoms with E-state index in [-0.39, 0.29) is 24.0 Å². The molecule has 0 aromatic heterocycles. The first-order valence-electron chi connectivity index (χ1n) is 7.55. The van der Waals surface area contributed by atoms with Crippen LogP contribution in [0.1, 0.15) is 30.9 Å². The molecule has 114 valence electrons. The maximum Gasteiger partial charge on any atom is 0.225 e. The number of benzene rings is 1. The van der Waals surface area contributed by atoms with E-state index in [0.29, 0.717) is 19.7 Å².